The SMILES string of the molecule is CNC(=O)C(CCC=O)N1C(=O)c2cccc(NCCOCCN3CC(NC(=O)N4CCCCC4)C3)c2C1=O. The maximum Gasteiger partial charge on any atom is 0.317 e. The van der Waals surface area contributed by atoms with Crippen LogP contribution in [0.5, 0.6) is 0 Å². The molecule has 1 aromatic rings. The highest BCUT2D eigenvalue weighted by atomic mass is 16.5. The standard InChI is InChI=1S/C27H38N6O6/c1-28-24(35)22(9-6-14-34)33-25(36)20-7-5-8-21(23(20)26(33)37)29-10-15-39-16-13-31-17-19(18-31)30-27(38)32-11-3-2-4-12-32/h5,7-8,14,19,22,29H,2-4,6,9-13,15-18H2,1H3,(H,28,35)(H,30,38). The minimum Gasteiger partial charge on any atom is -0.382 e. The third-order valence-corrected chi connectivity index (χ3v) is 7.41. The Bertz CT molecular complexity index is 1070. The highest BCUT2D eigenvalue weighted by molar-refractivity contribution is 6.25. The molecule has 3 N–H and O–H groups in total. The average Bonchev–Trinajstić information content (AvgIpc) is 3.19. The molecule has 1 atom stereocenters. The van der Waals surface area contributed by atoms with Gasteiger partial charge in [0.15, 0.2) is 0 Å². The smallest absolute Gasteiger partial charge is 0.317 e. The number of amides is 5. The molecule has 5 amide bonds. The highest BCUT2D eigenvalue weighted by Gasteiger charge is 2.43. The number of fused-ring (bicyclic) bond motifs is 1. The predicted molar refractivity (Wildman–Crippen MR) is 144 cm³/mol. The maximum atomic E-state index is 13.2. The fourth-order valence-electron chi connectivity index (χ4n) is 5.26. The Balaban J connectivity index is 1.18. The zero-order valence-electron chi connectivity index (χ0n) is 22.4. The Hall–Kier alpha value is -3.51. The number of likely N-dealkylation sites (N-methyl/N-ethyl adjacent to an activating group) is 1. The van der Waals surface area contributed by atoms with Crippen molar-refractivity contribution in [3.8, 4) is 0 Å². The lowest BCUT2D eigenvalue weighted by molar-refractivity contribution is -0.124. The molecule has 2 saturated heterocycles. The van der Waals surface area contributed by atoms with Gasteiger partial charge in [0.05, 0.1) is 30.4 Å². The first-order chi connectivity index (χ1) is 18.9. The van der Waals surface area contributed by atoms with Crippen molar-refractivity contribution in [1.82, 2.24) is 25.3 Å². The fourth-order valence-corrected chi connectivity index (χ4v) is 5.26. The zero-order valence-corrected chi connectivity index (χ0v) is 22.4. The van der Waals surface area contributed by atoms with Crippen LogP contribution in [-0.4, -0.2) is 116 Å². The molecule has 3 aliphatic rings. The number of hydrogen-bond donors (Lipinski definition) is 3. The quantitative estimate of drug-likeness (QED) is 0.188. The van der Waals surface area contributed by atoms with Crippen molar-refractivity contribution in [3.05, 3.63) is 29.3 Å². The van der Waals surface area contributed by atoms with Gasteiger partial charge in [-0.05, 0) is 37.8 Å². The summed E-state index contributed by atoms with van der Waals surface area (Å²) >= 11 is 0. The predicted octanol–water partition coefficient (Wildman–Crippen LogP) is 0.685. The van der Waals surface area contributed by atoms with Crippen molar-refractivity contribution in [2.75, 3.05) is 64.8 Å². The summed E-state index contributed by atoms with van der Waals surface area (Å²) in [5.74, 6) is -1.60. The van der Waals surface area contributed by atoms with E-state index in [0.29, 0.717) is 31.7 Å². The number of hydrogen-bond acceptors (Lipinski definition) is 8. The molecule has 0 radical (unpaired) electrons. The van der Waals surface area contributed by atoms with Crippen LogP contribution in [0.4, 0.5) is 10.5 Å². The van der Waals surface area contributed by atoms with E-state index in [1.54, 1.807) is 18.2 Å². The number of aldehydes is 1. The molecule has 0 spiro atoms. The summed E-state index contributed by atoms with van der Waals surface area (Å²) in [5, 5.41) is 8.74. The van der Waals surface area contributed by atoms with Gasteiger partial charge < -0.3 is 30.4 Å². The molecule has 3 aliphatic heterocycles. The molecule has 0 aromatic heterocycles. The number of nitrogens with one attached hydrogen (secondary N) is 3. The van der Waals surface area contributed by atoms with Crippen LogP contribution < -0.4 is 16.0 Å². The van der Waals surface area contributed by atoms with Gasteiger partial charge in [0.25, 0.3) is 11.8 Å². The van der Waals surface area contributed by atoms with Gasteiger partial charge in [-0.1, -0.05) is 6.07 Å². The Morgan fingerprint density at radius 1 is 1.10 bits per heavy atom. The van der Waals surface area contributed by atoms with E-state index in [9.17, 15) is 24.0 Å². The van der Waals surface area contributed by atoms with E-state index in [2.05, 4.69) is 20.9 Å². The zero-order chi connectivity index (χ0) is 27.8. The maximum absolute atomic E-state index is 13.2. The van der Waals surface area contributed by atoms with Crippen molar-refractivity contribution in [1.29, 1.82) is 0 Å². The molecule has 2 fully saturated rings. The molecule has 0 saturated carbocycles. The van der Waals surface area contributed by atoms with E-state index < -0.39 is 23.8 Å². The molecular formula is C27H38N6O6. The molecule has 0 aliphatic carbocycles. The summed E-state index contributed by atoms with van der Waals surface area (Å²) < 4.78 is 5.74. The van der Waals surface area contributed by atoms with Gasteiger partial charge in [0.1, 0.15) is 12.3 Å². The molecule has 12 nitrogen and oxygen atoms in total. The first-order valence-electron chi connectivity index (χ1n) is 13.7. The van der Waals surface area contributed by atoms with Crippen LogP contribution in [0.3, 0.4) is 0 Å². The number of carbonyl (C=O) groups is 5. The van der Waals surface area contributed by atoms with Crippen molar-refractivity contribution in [3.63, 3.8) is 0 Å². The summed E-state index contributed by atoms with van der Waals surface area (Å²) in [5.41, 5.74) is 0.949. The molecule has 1 aromatic carbocycles. The van der Waals surface area contributed by atoms with E-state index >= 15 is 0 Å². The number of carbonyl (C=O) groups excluding carboxylic acids is 5. The van der Waals surface area contributed by atoms with E-state index in [0.717, 1.165) is 50.5 Å². The number of piperidine rings is 1. The topological polar surface area (TPSA) is 140 Å². The Morgan fingerprint density at radius 2 is 1.87 bits per heavy atom. The first kappa shape index (κ1) is 28.5. The number of urea groups is 1. The average molecular weight is 543 g/mol. The molecule has 12 heteroatoms. The van der Waals surface area contributed by atoms with E-state index in [1.165, 1.54) is 13.5 Å². The third-order valence-electron chi connectivity index (χ3n) is 7.41. The summed E-state index contributed by atoms with van der Waals surface area (Å²) in [6.07, 6.45) is 4.14. The van der Waals surface area contributed by atoms with E-state index in [4.69, 9.17) is 4.74 Å². The molecule has 3 heterocycles. The van der Waals surface area contributed by atoms with Crippen molar-refractivity contribution in [2.45, 2.75) is 44.2 Å². The number of likely N-dealkylation sites (tertiary alicyclic amines) is 2. The molecule has 4 rings (SSSR count). The number of imide groups is 1. The van der Waals surface area contributed by atoms with Crippen LogP contribution in [0.25, 0.3) is 0 Å². The number of anilines is 1. The van der Waals surface area contributed by atoms with Crippen LogP contribution in [0.2, 0.25) is 0 Å². The first-order valence-corrected chi connectivity index (χ1v) is 13.7. The summed E-state index contributed by atoms with van der Waals surface area (Å²) in [7, 11) is 1.43. The van der Waals surface area contributed by atoms with E-state index in [-0.39, 0.29) is 36.0 Å². The van der Waals surface area contributed by atoms with Crippen LogP contribution in [0.1, 0.15) is 52.8 Å². The molecule has 39 heavy (non-hydrogen) atoms. The van der Waals surface area contributed by atoms with E-state index in [1.807, 2.05) is 4.90 Å². The molecule has 0 bridgehead atoms. The number of benzene rings is 1. The van der Waals surface area contributed by atoms with Crippen LogP contribution in [-0.2, 0) is 14.3 Å². The van der Waals surface area contributed by atoms with Crippen molar-refractivity contribution < 1.29 is 28.7 Å². The third kappa shape index (κ3) is 6.74. The monoisotopic (exact) mass is 542 g/mol. The number of ether oxygens (including phenoxy) is 1. The van der Waals surface area contributed by atoms with Crippen molar-refractivity contribution in [2.24, 2.45) is 0 Å². The summed E-state index contributed by atoms with van der Waals surface area (Å²) in [6.45, 7) is 5.45. The Morgan fingerprint density at radius 3 is 2.59 bits per heavy atom. The van der Waals surface area contributed by atoms with Gasteiger partial charge in [-0.3, -0.25) is 24.2 Å². The van der Waals surface area contributed by atoms with Crippen LogP contribution in [0.15, 0.2) is 18.2 Å². The summed E-state index contributed by atoms with van der Waals surface area (Å²) in [4.78, 5) is 66.9. The van der Waals surface area contributed by atoms with Crippen LogP contribution in [0, 0.1) is 0 Å². The van der Waals surface area contributed by atoms with Crippen molar-refractivity contribution >= 4 is 35.7 Å². The molecule has 1 unspecified atom stereocenters. The second-order valence-corrected chi connectivity index (χ2v) is 10.1. The van der Waals surface area contributed by atoms with Gasteiger partial charge in [-0.2, -0.15) is 0 Å². The van der Waals surface area contributed by atoms with Gasteiger partial charge in [0, 0.05) is 58.4 Å². The van der Waals surface area contributed by atoms with Gasteiger partial charge in [-0.25, -0.2) is 4.79 Å². The lowest BCUT2D eigenvalue weighted by Gasteiger charge is -2.40. The minimum atomic E-state index is -1.05. The highest BCUT2D eigenvalue weighted by Crippen LogP contribution is 2.31. The largest absolute Gasteiger partial charge is 0.382 e. The summed E-state index contributed by atoms with van der Waals surface area (Å²) in [6, 6.07) is 4.13. The Kier molecular flexibility index (Phi) is 9.88. The Labute approximate surface area is 228 Å². The number of rotatable bonds is 13. The molecular weight excluding hydrogens is 504 g/mol. The lowest BCUT2D eigenvalue weighted by Crippen LogP contribution is -2.61. The van der Waals surface area contributed by atoms with Gasteiger partial charge in [0.2, 0.25) is 5.91 Å². The van der Waals surface area contributed by atoms with Gasteiger partial charge >= 0.3 is 6.03 Å². The number of nitrogens with zero attached hydrogens (tertiary/aromatic N) is 3. The van der Waals surface area contributed by atoms with Crippen LogP contribution >= 0.6 is 0 Å². The second-order valence-electron chi connectivity index (χ2n) is 10.1. The second kappa shape index (κ2) is 13.5. The minimum absolute atomic E-state index is 0.0440. The normalized spacial score (nSPS) is 18.4. The van der Waals surface area contributed by atoms with Gasteiger partial charge in [-0.15, -0.1) is 0 Å². The fraction of sp³-hybridized carbons (Fsp3) is 0.593. The molecule has 212 valence electrons. The lowest BCUT2D eigenvalue weighted by atomic mass is 10.1.